The van der Waals surface area contributed by atoms with Crippen LogP contribution in [0, 0.1) is 0 Å². The van der Waals surface area contributed by atoms with Crippen molar-refractivity contribution in [3.63, 3.8) is 0 Å². The molecule has 2 atom stereocenters. The number of aromatic nitrogens is 3. The fraction of sp³-hybridized carbons (Fsp3) is 0.615. The molecule has 184 valence electrons. The molecule has 2 amide bonds. The molecule has 2 heterocycles. The van der Waals surface area contributed by atoms with Crippen molar-refractivity contribution in [3.05, 3.63) is 42.0 Å². The van der Waals surface area contributed by atoms with Gasteiger partial charge < -0.3 is 15.2 Å². The third-order valence-electron chi connectivity index (χ3n) is 7.06. The molecule has 1 unspecified atom stereocenters. The van der Waals surface area contributed by atoms with Crippen LogP contribution in [0.5, 0.6) is 0 Å². The van der Waals surface area contributed by atoms with E-state index in [-0.39, 0.29) is 29.3 Å². The summed E-state index contributed by atoms with van der Waals surface area (Å²) in [4.78, 5) is 29.4. The van der Waals surface area contributed by atoms with Gasteiger partial charge in [-0.3, -0.25) is 14.5 Å². The smallest absolute Gasteiger partial charge is 0.251 e. The fourth-order valence-corrected chi connectivity index (χ4v) is 5.01. The Morgan fingerprint density at radius 1 is 1.09 bits per heavy atom. The molecule has 0 radical (unpaired) electrons. The van der Waals surface area contributed by atoms with Crippen LogP contribution in [-0.4, -0.2) is 45.2 Å². The van der Waals surface area contributed by atoms with Crippen LogP contribution in [0.25, 0.3) is 0 Å². The number of nitrogens with one attached hydrogen (secondary N) is 2. The van der Waals surface area contributed by atoms with Gasteiger partial charge in [0.1, 0.15) is 6.33 Å². The van der Waals surface area contributed by atoms with Crippen molar-refractivity contribution in [2.75, 3.05) is 11.4 Å². The van der Waals surface area contributed by atoms with Gasteiger partial charge in [-0.15, -0.1) is 10.2 Å². The Kier molecular flexibility index (Phi) is 7.36. The van der Waals surface area contributed by atoms with Crippen molar-refractivity contribution in [2.24, 2.45) is 7.05 Å². The Hall–Kier alpha value is -2.74. The van der Waals surface area contributed by atoms with Gasteiger partial charge in [0.2, 0.25) is 5.91 Å². The zero-order valence-corrected chi connectivity index (χ0v) is 20.9. The number of carbonyl (C=O) groups is 2. The van der Waals surface area contributed by atoms with Gasteiger partial charge in [0, 0.05) is 18.8 Å². The molecule has 8 nitrogen and oxygen atoms in total. The third-order valence-corrected chi connectivity index (χ3v) is 7.06. The van der Waals surface area contributed by atoms with E-state index in [1.165, 1.54) is 12.0 Å². The second-order valence-corrected chi connectivity index (χ2v) is 10.7. The minimum atomic E-state index is -0.898. The molecule has 4 rings (SSSR count). The van der Waals surface area contributed by atoms with Crippen LogP contribution in [0.3, 0.4) is 0 Å². The summed E-state index contributed by atoms with van der Waals surface area (Å²) in [7, 11) is 1.81. The highest BCUT2D eigenvalue weighted by atomic mass is 16.2. The molecular weight excluding hydrogens is 428 g/mol. The van der Waals surface area contributed by atoms with Crippen LogP contribution in [-0.2, 0) is 22.1 Å². The maximum absolute atomic E-state index is 13.9. The summed E-state index contributed by atoms with van der Waals surface area (Å²) in [6.45, 7) is 7.28. The van der Waals surface area contributed by atoms with Crippen LogP contribution < -0.4 is 15.5 Å². The number of nitrogens with zero attached hydrogens (tertiary/aromatic N) is 4. The molecule has 1 aliphatic heterocycles. The highest BCUT2D eigenvalue weighted by Crippen LogP contribution is 2.32. The van der Waals surface area contributed by atoms with Gasteiger partial charge >= 0.3 is 0 Å². The second kappa shape index (κ2) is 10.3. The minimum Gasteiger partial charge on any atom is -0.351 e. The lowest BCUT2D eigenvalue weighted by Crippen LogP contribution is -2.52. The van der Waals surface area contributed by atoms with E-state index in [2.05, 4.69) is 41.6 Å². The maximum atomic E-state index is 13.9. The predicted octanol–water partition coefficient (Wildman–Crippen LogP) is 3.39. The van der Waals surface area contributed by atoms with Crippen molar-refractivity contribution >= 4 is 17.5 Å². The van der Waals surface area contributed by atoms with Crippen LogP contribution in [0.15, 0.2) is 30.6 Å². The summed E-state index contributed by atoms with van der Waals surface area (Å²) in [6.07, 6.45) is 8.64. The van der Waals surface area contributed by atoms with Gasteiger partial charge in [-0.2, -0.15) is 0 Å². The number of aryl methyl sites for hydroxylation is 1. The molecule has 2 fully saturated rings. The van der Waals surface area contributed by atoms with Crippen molar-refractivity contribution in [3.8, 4) is 0 Å². The molecule has 0 spiro atoms. The predicted molar refractivity (Wildman–Crippen MR) is 132 cm³/mol. The average Bonchev–Trinajstić information content (AvgIpc) is 3.49. The lowest BCUT2D eigenvalue weighted by Gasteiger charge is -2.34. The van der Waals surface area contributed by atoms with E-state index >= 15 is 0 Å². The summed E-state index contributed by atoms with van der Waals surface area (Å²) in [5.41, 5.74) is 1.85. The normalized spacial score (nSPS) is 20.2. The van der Waals surface area contributed by atoms with Crippen LogP contribution in [0.4, 0.5) is 5.69 Å². The van der Waals surface area contributed by atoms with E-state index in [4.69, 9.17) is 0 Å². The van der Waals surface area contributed by atoms with Gasteiger partial charge in [-0.05, 0) is 55.3 Å². The van der Waals surface area contributed by atoms with Crippen LogP contribution in [0.2, 0.25) is 0 Å². The molecule has 0 bridgehead atoms. The topological polar surface area (TPSA) is 92.2 Å². The molecule has 2 aliphatic rings. The minimum absolute atomic E-state index is 0.0122. The van der Waals surface area contributed by atoms with Gasteiger partial charge in [-0.25, -0.2) is 0 Å². The Balaban J connectivity index is 1.74. The Morgan fingerprint density at radius 2 is 1.79 bits per heavy atom. The van der Waals surface area contributed by atoms with E-state index in [0.29, 0.717) is 11.5 Å². The summed E-state index contributed by atoms with van der Waals surface area (Å²) in [5, 5.41) is 14.9. The lowest BCUT2D eigenvalue weighted by molar-refractivity contribution is -0.128. The second-order valence-electron chi connectivity index (χ2n) is 10.7. The molecule has 2 aromatic rings. The maximum Gasteiger partial charge on any atom is 0.251 e. The molecule has 1 aliphatic carbocycles. The monoisotopic (exact) mass is 466 g/mol. The lowest BCUT2D eigenvalue weighted by atomic mass is 9.87. The highest BCUT2D eigenvalue weighted by Gasteiger charge is 2.40. The first-order valence-corrected chi connectivity index (χ1v) is 12.6. The van der Waals surface area contributed by atoms with Crippen LogP contribution in [0.1, 0.15) is 83.1 Å². The molecule has 1 aromatic heterocycles. The number of benzene rings is 1. The van der Waals surface area contributed by atoms with Gasteiger partial charge in [0.25, 0.3) is 5.91 Å². The summed E-state index contributed by atoms with van der Waals surface area (Å²) < 4.78 is 1.73. The highest BCUT2D eigenvalue weighted by molar-refractivity contribution is 6.03. The summed E-state index contributed by atoms with van der Waals surface area (Å²) in [6, 6.07) is 6.90. The number of hydrogen-bond acceptors (Lipinski definition) is 5. The third kappa shape index (κ3) is 5.32. The summed E-state index contributed by atoms with van der Waals surface area (Å²) >= 11 is 0. The van der Waals surface area contributed by atoms with E-state index in [0.717, 1.165) is 45.1 Å². The molecular formula is C26H38N6O2. The summed E-state index contributed by atoms with van der Waals surface area (Å²) in [5.74, 6) is 0.154. The Labute approximate surface area is 202 Å². The van der Waals surface area contributed by atoms with Gasteiger partial charge in [0.05, 0.1) is 6.04 Å². The van der Waals surface area contributed by atoms with Gasteiger partial charge in [-0.1, -0.05) is 52.2 Å². The zero-order chi connectivity index (χ0) is 24.3. The fourth-order valence-electron chi connectivity index (χ4n) is 5.01. The number of hydrogen-bond donors (Lipinski definition) is 2. The van der Waals surface area contributed by atoms with E-state index in [1.54, 1.807) is 15.8 Å². The van der Waals surface area contributed by atoms with E-state index in [9.17, 15) is 9.59 Å². The quantitative estimate of drug-likeness (QED) is 0.681. The average molecular weight is 467 g/mol. The van der Waals surface area contributed by atoms with Crippen molar-refractivity contribution in [1.29, 1.82) is 0 Å². The van der Waals surface area contributed by atoms with E-state index in [1.807, 2.05) is 31.3 Å². The van der Waals surface area contributed by atoms with Crippen LogP contribution >= 0.6 is 0 Å². The van der Waals surface area contributed by atoms with Crippen molar-refractivity contribution in [1.82, 2.24) is 25.4 Å². The SMILES string of the molecule is Cn1cnnc1C(C(=O)NC1CCCCC1)N(C(=O)[C@H]1CCCN1)c1ccc(C(C)(C)C)cc1. The number of carbonyl (C=O) groups excluding carboxylic acids is 2. The number of anilines is 1. The first kappa shape index (κ1) is 24.4. The number of rotatable bonds is 6. The molecule has 8 heteroatoms. The Bertz CT molecular complexity index is 981. The van der Waals surface area contributed by atoms with E-state index < -0.39 is 6.04 Å². The van der Waals surface area contributed by atoms with Crippen molar-refractivity contribution < 1.29 is 9.59 Å². The van der Waals surface area contributed by atoms with Gasteiger partial charge in [0.15, 0.2) is 11.9 Å². The van der Waals surface area contributed by atoms with Crippen molar-refractivity contribution in [2.45, 2.75) is 89.3 Å². The number of amides is 2. The molecule has 1 aromatic carbocycles. The molecule has 1 saturated heterocycles. The largest absolute Gasteiger partial charge is 0.351 e. The standard InChI is InChI=1S/C26H38N6O2/c1-26(2,3)18-12-14-20(15-13-18)32(25(34)21-11-8-16-27-21)22(23-30-28-17-31(23)4)24(33)29-19-9-6-5-7-10-19/h12-15,17,19,21-22,27H,5-11,16H2,1-4H3,(H,29,33)/t21-,22?/m1/s1. The first-order valence-electron chi connectivity index (χ1n) is 12.6. The molecule has 1 saturated carbocycles. The zero-order valence-electron chi connectivity index (χ0n) is 20.9. The molecule has 2 N–H and O–H groups in total. The molecule has 34 heavy (non-hydrogen) atoms. The first-order chi connectivity index (χ1) is 16.3. The Morgan fingerprint density at radius 3 is 2.35 bits per heavy atom.